The summed E-state index contributed by atoms with van der Waals surface area (Å²) in [6.07, 6.45) is 7.99. The zero-order chi connectivity index (χ0) is 20.9. The second-order valence-corrected chi connectivity index (χ2v) is 9.95. The van der Waals surface area contributed by atoms with Crippen LogP contribution in [0, 0.1) is 11.8 Å². The molecule has 2 aliphatic rings. The molecule has 1 aliphatic heterocycles. The average molecular weight is 424 g/mol. The number of hydrogen-bond donors (Lipinski definition) is 1. The van der Waals surface area contributed by atoms with Crippen LogP contribution in [0.1, 0.15) is 85.2 Å². The zero-order valence-electron chi connectivity index (χ0n) is 18.1. The molecule has 3 heteroatoms. The van der Waals surface area contributed by atoms with Gasteiger partial charge in [0.05, 0.1) is 0 Å². The quantitative estimate of drug-likeness (QED) is 0.486. The molecule has 1 aliphatic carbocycles. The maximum atomic E-state index is 12.6. The van der Waals surface area contributed by atoms with Gasteiger partial charge in [-0.1, -0.05) is 54.9 Å². The van der Waals surface area contributed by atoms with Crippen LogP contribution < -0.4 is 5.32 Å². The smallest absolute Gasteiger partial charge is 0.163 e. The Hall–Kier alpha value is -1.64. The van der Waals surface area contributed by atoms with Crippen molar-refractivity contribution in [3.63, 3.8) is 0 Å². The van der Waals surface area contributed by atoms with Crippen molar-refractivity contribution >= 4 is 17.4 Å². The first-order valence-electron chi connectivity index (χ1n) is 11.7. The third kappa shape index (κ3) is 5.53. The fraction of sp³-hybridized carbons (Fsp3) is 0.519. The standard InChI is InChI=1S/C27H34ClNO/c1-19(24-3-2-4-26(28)18-24)15-21-5-6-25(16-21)22-7-9-23(10-8-22)27(30)17-20-11-13-29-14-12-20/h2-4,7-10,18-21,25,29H,5-6,11-17H2,1H3/t19-,21?,25-/m0/s1. The number of benzene rings is 2. The van der Waals surface area contributed by atoms with Gasteiger partial charge in [-0.15, -0.1) is 0 Å². The molecule has 1 heterocycles. The third-order valence-corrected chi connectivity index (χ3v) is 7.52. The number of carbonyl (C=O) groups is 1. The fourth-order valence-electron chi connectivity index (χ4n) is 5.45. The molecule has 1 saturated carbocycles. The summed E-state index contributed by atoms with van der Waals surface area (Å²) < 4.78 is 0. The largest absolute Gasteiger partial charge is 0.317 e. The van der Waals surface area contributed by atoms with Crippen LogP contribution in [0.2, 0.25) is 5.02 Å². The minimum Gasteiger partial charge on any atom is -0.317 e. The highest BCUT2D eigenvalue weighted by atomic mass is 35.5. The molecule has 2 aromatic rings. The van der Waals surface area contributed by atoms with Crippen molar-refractivity contribution in [1.82, 2.24) is 5.32 Å². The molecule has 2 aromatic carbocycles. The summed E-state index contributed by atoms with van der Waals surface area (Å²) in [4.78, 5) is 12.6. The SMILES string of the molecule is C[C@@H](CC1CC[C@H](c2ccc(C(=O)CC3CCNCC3)cc2)C1)c1cccc(Cl)c1. The second kappa shape index (κ2) is 10.1. The predicted octanol–water partition coefficient (Wildman–Crippen LogP) is 6.99. The highest BCUT2D eigenvalue weighted by Gasteiger charge is 2.27. The highest BCUT2D eigenvalue weighted by Crippen LogP contribution is 2.42. The van der Waals surface area contributed by atoms with E-state index in [1.54, 1.807) is 0 Å². The van der Waals surface area contributed by atoms with Crippen LogP contribution in [0.3, 0.4) is 0 Å². The molecule has 0 amide bonds. The van der Waals surface area contributed by atoms with Gasteiger partial charge in [0.15, 0.2) is 5.78 Å². The number of hydrogen-bond acceptors (Lipinski definition) is 2. The Kier molecular flexibility index (Phi) is 7.28. The number of Topliss-reactive ketones (excluding diaryl/α,β-unsaturated/α-hetero) is 1. The van der Waals surface area contributed by atoms with Crippen molar-refractivity contribution in [2.24, 2.45) is 11.8 Å². The van der Waals surface area contributed by atoms with Gasteiger partial charge in [0.2, 0.25) is 0 Å². The molecule has 2 nitrogen and oxygen atoms in total. The van der Waals surface area contributed by atoms with Crippen LogP contribution in [0.25, 0.3) is 0 Å². The van der Waals surface area contributed by atoms with Crippen molar-refractivity contribution in [3.8, 4) is 0 Å². The minimum atomic E-state index is 0.313. The lowest BCUT2D eigenvalue weighted by Gasteiger charge is -2.21. The molecule has 1 saturated heterocycles. The maximum Gasteiger partial charge on any atom is 0.163 e. The van der Waals surface area contributed by atoms with Gasteiger partial charge in [-0.25, -0.2) is 0 Å². The summed E-state index contributed by atoms with van der Waals surface area (Å²) in [6, 6.07) is 16.9. The monoisotopic (exact) mass is 423 g/mol. The summed E-state index contributed by atoms with van der Waals surface area (Å²) in [5.74, 6) is 2.81. The van der Waals surface area contributed by atoms with Crippen LogP contribution in [-0.2, 0) is 0 Å². The van der Waals surface area contributed by atoms with Crippen LogP contribution >= 0.6 is 11.6 Å². The fourth-order valence-corrected chi connectivity index (χ4v) is 5.65. The van der Waals surface area contributed by atoms with Crippen LogP contribution in [0.5, 0.6) is 0 Å². The Morgan fingerprint density at radius 2 is 1.80 bits per heavy atom. The molecule has 160 valence electrons. The van der Waals surface area contributed by atoms with E-state index < -0.39 is 0 Å². The van der Waals surface area contributed by atoms with Gasteiger partial charge >= 0.3 is 0 Å². The van der Waals surface area contributed by atoms with Crippen molar-refractivity contribution in [2.75, 3.05) is 13.1 Å². The van der Waals surface area contributed by atoms with Crippen molar-refractivity contribution in [1.29, 1.82) is 0 Å². The first-order chi connectivity index (χ1) is 14.6. The Morgan fingerprint density at radius 1 is 1.03 bits per heavy atom. The summed E-state index contributed by atoms with van der Waals surface area (Å²) >= 11 is 6.17. The van der Waals surface area contributed by atoms with Crippen molar-refractivity contribution in [2.45, 2.75) is 63.7 Å². The van der Waals surface area contributed by atoms with Gasteiger partial charge in [0.25, 0.3) is 0 Å². The van der Waals surface area contributed by atoms with Gasteiger partial charge in [-0.05, 0) is 98.5 Å². The van der Waals surface area contributed by atoms with Crippen LogP contribution in [0.4, 0.5) is 0 Å². The molecular weight excluding hydrogens is 390 g/mol. The Bertz CT molecular complexity index is 840. The van der Waals surface area contributed by atoms with Crippen molar-refractivity contribution in [3.05, 3.63) is 70.2 Å². The number of ketones is 1. The Morgan fingerprint density at radius 3 is 2.53 bits per heavy atom. The van der Waals surface area contributed by atoms with E-state index in [0.717, 1.165) is 42.4 Å². The van der Waals surface area contributed by atoms with Gasteiger partial charge < -0.3 is 5.32 Å². The zero-order valence-corrected chi connectivity index (χ0v) is 18.8. The number of halogens is 1. The van der Waals surface area contributed by atoms with E-state index in [0.29, 0.717) is 30.0 Å². The van der Waals surface area contributed by atoms with Gasteiger partial charge in [-0.2, -0.15) is 0 Å². The molecule has 2 fully saturated rings. The molecule has 1 N–H and O–H groups in total. The van der Waals surface area contributed by atoms with E-state index in [4.69, 9.17) is 11.6 Å². The van der Waals surface area contributed by atoms with E-state index in [1.807, 2.05) is 6.07 Å². The minimum absolute atomic E-state index is 0.313. The summed E-state index contributed by atoms with van der Waals surface area (Å²) in [5.41, 5.74) is 3.65. The second-order valence-electron chi connectivity index (χ2n) is 9.51. The summed E-state index contributed by atoms with van der Waals surface area (Å²) in [6.45, 7) is 4.42. The molecule has 0 radical (unpaired) electrons. The number of rotatable bonds is 7. The summed E-state index contributed by atoms with van der Waals surface area (Å²) in [7, 11) is 0. The Labute approximate surface area is 186 Å². The molecule has 0 spiro atoms. The lowest BCUT2D eigenvalue weighted by Crippen LogP contribution is -2.28. The molecular formula is C27H34ClNO. The lowest BCUT2D eigenvalue weighted by molar-refractivity contribution is 0.0952. The van der Waals surface area contributed by atoms with Gasteiger partial charge in [0, 0.05) is 17.0 Å². The molecule has 1 unspecified atom stereocenters. The topological polar surface area (TPSA) is 29.1 Å². The number of nitrogens with one attached hydrogen (secondary N) is 1. The number of piperidine rings is 1. The van der Waals surface area contributed by atoms with E-state index in [9.17, 15) is 4.79 Å². The highest BCUT2D eigenvalue weighted by molar-refractivity contribution is 6.30. The predicted molar refractivity (Wildman–Crippen MR) is 126 cm³/mol. The molecule has 4 rings (SSSR count). The third-order valence-electron chi connectivity index (χ3n) is 7.28. The first-order valence-corrected chi connectivity index (χ1v) is 12.1. The molecule has 30 heavy (non-hydrogen) atoms. The van der Waals surface area contributed by atoms with E-state index >= 15 is 0 Å². The molecule has 0 aromatic heterocycles. The molecule has 0 bridgehead atoms. The maximum absolute atomic E-state index is 12.6. The van der Waals surface area contributed by atoms with Gasteiger partial charge in [0.1, 0.15) is 0 Å². The first kappa shape index (κ1) is 21.6. The van der Waals surface area contributed by atoms with Crippen LogP contribution in [0.15, 0.2) is 48.5 Å². The average Bonchev–Trinajstić information content (AvgIpc) is 3.23. The summed E-state index contributed by atoms with van der Waals surface area (Å²) in [5, 5.41) is 4.21. The van der Waals surface area contributed by atoms with Crippen LogP contribution in [-0.4, -0.2) is 18.9 Å². The van der Waals surface area contributed by atoms with E-state index in [2.05, 4.69) is 54.7 Å². The van der Waals surface area contributed by atoms with E-state index in [1.165, 1.54) is 36.8 Å². The number of carbonyl (C=O) groups excluding carboxylic acids is 1. The lowest BCUT2D eigenvalue weighted by atomic mass is 9.87. The normalized spacial score (nSPS) is 23.4. The van der Waals surface area contributed by atoms with E-state index in [-0.39, 0.29) is 0 Å². The Balaban J connectivity index is 1.30. The van der Waals surface area contributed by atoms with Crippen molar-refractivity contribution < 1.29 is 4.79 Å². The molecule has 3 atom stereocenters. The van der Waals surface area contributed by atoms with Gasteiger partial charge in [-0.3, -0.25) is 4.79 Å².